The molecule has 0 N–H and O–H groups in total. The van der Waals surface area contributed by atoms with Crippen molar-refractivity contribution < 1.29 is 0 Å². The van der Waals surface area contributed by atoms with Gasteiger partial charge in [0.15, 0.2) is 0 Å². The summed E-state index contributed by atoms with van der Waals surface area (Å²) in [4.78, 5) is 0. The van der Waals surface area contributed by atoms with Crippen LogP contribution in [0.25, 0.3) is 0 Å². The Morgan fingerprint density at radius 1 is 0.714 bits per heavy atom. The van der Waals surface area contributed by atoms with Crippen LogP contribution in [0.4, 0.5) is 0 Å². The molecule has 0 aliphatic rings. The van der Waals surface area contributed by atoms with Gasteiger partial charge in [-0.2, -0.15) is 0 Å². The van der Waals surface area contributed by atoms with E-state index in [9.17, 15) is 0 Å². The third-order valence-electron chi connectivity index (χ3n) is 1.000. The number of hydrogen-bond donors (Lipinski definition) is 0. The van der Waals surface area contributed by atoms with Gasteiger partial charge in [0.25, 0.3) is 0 Å². The third-order valence-corrected chi connectivity index (χ3v) is 289. The van der Waals surface area contributed by atoms with Crippen LogP contribution in [0.15, 0.2) is 0 Å². The van der Waals surface area contributed by atoms with Crippen molar-refractivity contribution in [3.8, 4) is 0 Å². The van der Waals surface area contributed by atoms with Gasteiger partial charge >= 0.3 is 123 Å². The molecule has 0 bridgehead atoms. The molecule has 0 aromatic carbocycles. The van der Waals surface area contributed by atoms with Crippen LogP contribution in [-0.2, 0) is 0 Å². The molecule has 0 saturated carbocycles. The van der Waals surface area contributed by atoms with Gasteiger partial charge in [-0.3, -0.25) is 0 Å². The molecule has 7 heteroatoms. The summed E-state index contributed by atoms with van der Waals surface area (Å²) in [6.07, 6.45) is 0. The first kappa shape index (κ1) is 15.8. The van der Waals surface area contributed by atoms with Gasteiger partial charge in [0, 0.05) is 0 Å². The Bertz CT molecular complexity index is 19.2. The summed E-state index contributed by atoms with van der Waals surface area (Å²) in [5.74, 6) is 0. The predicted molar refractivity (Wildman–Crippen MR) is 40.3 cm³/mol. The molecule has 0 amide bonds. The zero-order valence-corrected chi connectivity index (χ0v) is 20.4. The molecule has 14 valence electrons. The number of hydrogen-bond acceptors (Lipinski definition) is 0. The first-order chi connectivity index (χ1) is 3.41. The van der Waals surface area contributed by atoms with E-state index >= 15 is 0 Å². The van der Waals surface area contributed by atoms with Crippen LogP contribution < -0.4 is 0 Å². The zero-order chi connectivity index (χ0) is 5.54. The van der Waals surface area contributed by atoms with Crippen molar-refractivity contribution in [3.05, 3.63) is 0 Å². The van der Waals surface area contributed by atoms with Crippen LogP contribution in [0, 0.1) is 0 Å². The molecule has 0 aromatic heterocycles. The second-order valence-electron chi connectivity index (χ2n) is 1.77. The van der Waals surface area contributed by atoms with Gasteiger partial charge in [-0.25, -0.2) is 0 Å². The fourth-order valence-corrected chi connectivity index (χ4v) is 632. The Labute approximate surface area is 113 Å². The molecule has 7 heavy (non-hydrogen) atoms. The third kappa shape index (κ3) is 14.8. The van der Waals surface area contributed by atoms with Crippen molar-refractivity contribution in [2.75, 3.05) is 0 Å². The van der Waals surface area contributed by atoms with E-state index < -0.39 is 0 Å². The van der Waals surface area contributed by atoms with E-state index in [4.69, 9.17) is 0 Å². The van der Waals surface area contributed by atoms with E-state index in [1.54, 1.807) is 0 Å². The van der Waals surface area contributed by atoms with Crippen molar-refractivity contribution in [2.24, 2.45) is 0 Å². The Kier molecular flexibility index (Phi) is 33.5. The summed E-state index contributed by atoms with van der Waals surface area (Å²) in [5.41, 5.74) is 0. The zero-order valence-electron chi connectivity index (χ0n) is 4.95. The summed E-state index contributed by atoms with van der Waals surface area (Å²) in [5, 5.41) is 0. The monoisotopic (exact) mass is 280 g/mol. The molecule has 0 aliphatic carbocycles. The fourth-order valence-electron chi connectivity index (χ4n) is 0.530. The molecule has 0 aliphatic heterocycles. The fraction of sp³-hybridized carbons (Fsp3) is 0. The standard InChI is InChI=1S/7Ca. The van der Waals surface area contributed by atoms with Crippen LogP contribution in [-0.4, -0.2) is 123 Å². The topological polar surface area (TPSA) is 0 Å². The first-order valence-electron chi connectivity index (χ1n) is 3.00. The number of rotatable bonds is 4. The van der Waals surface area contributed by atoms with Crippen molar-refractivity contribution in [1.82, 2.24) is 0 Å². The maximum atomic E-state index is 1.87. The summed E-state index contributed by atoms with van der Waals surface area (Å²) in [7, 11) is 0. The normalized spacial score (nSPS) is 3.14. The molecule has 0 fully saturated rings. The Morgan fingerprint density at radius 3 is 1.43 bits per heavy atom. The molecule has 0 atom stereocenters. The van der Waals surface area contributed by atoms with E-state index in [0.717, 1.165) is 0 Å². The Hall–Kier alpha value is 8.82. The first-order valence-corrected chi connectivity index (χ1v) is 51.0. The molecule has 0 nitrogen and oxygen atoms in total. The Balaban J connectivity index is 2.45. The molecular weight excluding hydrogens is 281 g/mol. The van der Waals surface area contributed by atoms with Crippen molar-refractivity contribution >= 4 is 123 Å². The van der Waals surface area contributed by atoms with Gasteiger partial charge in [0.2, 0.25) is 0 Å². The molecule has 0 unspecified atom stereocenters. The van der Waals surface area contributed by atoms with Crippen LogP contribution in [0.5, 0.6) is 0 Å². The van der Waals surface area contributed by atoms with Gasteiger partial charge in [-0.05, 0) is 0 Å². The second-order valence-corrected chi connectivity index (χ2v) is 124. The van der Waals surface area contributed by atoms with E-state index in [2.05, 4.69) is 0 Å². The van der Waals surface area contributed by atoms with Gasteiger partial charge in [-0.15, -0.1) is 0 Å². The van der Waals surface area contributed by atoms with Crippen molar-refractivity contribution in [3.63, 3.8) is 0 Å². The molecule has 0 saturated heterocycles. The van der Waals surface area contributed by atoms with Crippen LogP contribution in [0.1, 0.15) is 0 Å². The Morgan fingerprint density at radius 2 is 1.14 bits per heavy atom. The van der Waals surface area contributed by atoms with Crippen molar-refractivity contribution in [2.45, 2.75) is 0 Å². The predicted octanol–water partition coefficient (Wildman–Crippen LogP) is -2.67. The van der Waals surface area contributed by atoms with Gasteiger partial charge in [-0.1, -0.05) is 0 Å². The molecule has 0 spiro atoms. The average Bonchev–Trinajstić information content (AvgIpc) is 1.69. The summed E-state index contributed by atoms with van der Waals surface area (Å²) in [6.45, 7) is 0. The quantitative estimate of drug-likeness (QED) is 0.389. The summed E-state index contributed by atoms with van der Waals surface area (Å²) < 4.78 is 0. The van der Waals surface area contributed by atoms with Crippen LogP contribution in [0.2, 0.25) is 0 Å². The van der Waals surface area contributed by atoms with Crippen LogP contribution in [0.3, 0.4) is 0 Å². The molecule has 0 rings (SSSR count). The van der Waals surface area contributed by atoms with Gasteiger partial charge < -0.3 is 0 Å². The minimum absolute atomic E-state index is 0.542. The SMILES string of the molecule is [Ca][Ca][Ca][Ca][Ca][Ca][Ca]. The van der Waals surface area contributed by atoms with E-state index in [0.29, 0.717) is 70.7 Å². The van der Waals surface area contributed by atoms with Gasteiger partial charge in [0.1, 0.15) is 0 Å². The second kappa shape index (κ2) is 14.8. The van der Waals surface area contributed by atoms with E-state index in [-0.39, 0.29) is 0 Å². The average molecular weight is 281 g/mol. The van der Waals surface area contributed by atoms with E-state index in [1.807, 2.05) is 51.9 Å². The van der Waals surface area contributed by atoms with E-state index in [1.165, 1.54) is 0 Å². The summed E-state index contributed by atoms with van der Waals surface area (Å²) >= 11 is 6.75. The van der Waals surface area contributed by atoms with Gasteiger partial charge in [0.05, 0.1) is 0 Å². The maximum absolute atomic E-state index is 1.87. The van der Waals surface area contributed by atoms with Crippen molar-refractivity contribution in [1.29, 1.82) is 0 Å². The molecule has 2 radical (unpaired) electrons. The minimum atomic E-state index is 0.542. The molecule has 0 aromatic rings. The molecular formula is Ca7. The summed E-state index contributed by atoms with van der Waals surface area (Å²) in [6, 6.07) is 0. The van der Waals surface area contributed by atoms with Crippen LogP contribution >= 0.6 is 0 Å². The molecule has 0 heterocycles.